The summed E-state index contributed by atoms with van der Waals surface area (Å²) in [5.41, 5.74) is 0. The molecule has 0 radical (unpaired) electrons. The minimum Gasteiger partial charge on any atom is -0.481 e. The van der Waals surface area contributed by atoms with Gasteiger partial charge < -0.3 is 10.4 Å². The molecule has 1 aliphatic rings. The number of carboxylic acid groups (broad SMARTS) is 1. The number of rotatable bonds is 4. The first-order chi connectivity index (χ1) is 9.59. The molecule has 2 rings (SSSR count). The SMILES string of the molecule is CC(C(=O)N[C@H]1CCCCC[C@H]1C(=O)O)n1cccn1. The average molecular weight is 279 g/mol. The highest BCUT2D eigenvalue weighted by atomic mass is 16.4. The van der Waals surface area contributed by atoms with Crippen molar-refractivity contribution in [3.63, 3.8) is 0 Å². The maximum absolute atomic E-state index is 12.2. The lowest BCUT2D eigenvalue weighted by Crippen LogP contribution is -2.45. The van der Waals surface area contributed by atoms with Crippen LogP contribution in [0.4, 0.5) is 0 Å². The summed E-state index contributed by atoms with van der Waals surface area (Å²) < 4.78 is 1.57. The summed E-state index contributed by atoms with van der Waals surface area (Å²) >= 11 is 0. The fraction of sp³-hybridized carbons (Fsp3) is 0.643. The third-order valence-electron chi connectivity index (χ3n) is 3.96. The molecule has 6 nitrogen and oxygen atoms in total. The van der Waals surface area contributed by atoms with Crippen LogP contribution in [0.15, 0.2) is 18.5 Å². The van der Waals surface area contributed by atoms with Gasteiger partial charge >= 0.3 is 5.97 Å². The van der Waals surface area contributed by atoms with Gasteiger partial charge in [-0.05, 0) is 25.8 Å². The lowest BCUT2D eigenvalue weighted by Gasteiger charge is -2.24. The molecule has 1 unspecified atom stereocenters. The monoisotopic (exact) mass is 279 g/mol. The van der Waals surface area contributed by atoms with E-state index in [1.54, 1.807) is 30.1 Å². The molecule has 0 spiro atoms. The zero-order valence-electron chi connectivity index (χ0n) is 11.7. The van der Waals surface area contributed by atoms with Gasteiger partial charge in [0.2, 0.25) is 5.91 Å². The van der Waals surface area contributed by atoms with Gasteiger partial charge in [-0.1, -0.05) is 19.3 Å². The van der Waals surface area contributed by atoms with E-state index in [9.17, 15) is 14.7 Å². The standard InChI is InChI=1S/C14H21N3O3/c1-10(17-9-5-8-15-17)13(18)16-12-7-4-2-3-6-11(12)14(19)20/h5,8-12H,2-4,6-7H2,1H3,(H,16,18)(H,19,20)/t10?,11-,12+/m1/s1. The van der Waals surface area contributed by atoms with E-state index in [4.69, 9.17) is 0 Å². The van der Waals surface area contributed by atoms with Crippen molar-refractivity contribution < 1.29 is 14.7 Å². The molecule has 1 fully saturated rings. The number of hydrogen-bond acceptors (Lipinski definition) is 3. The van der Waals surface area contributed by atoms with Crippen LogP contribution >= 0.6 is 0 Å². The highest BCUT2D eigenvalue weighted by molar-refractivity contribution is 5.81. The maximum Gasteiger partial charge on any atom is 0.308 e. The smallest absolute Gasteiger partial charge is 0.308 e. The minimum atomic E-state index is -0.816. The van der Waals surface area contributed by atoms with E-state index in [-0.39, 0.29) is 11.9 Å². The van der Waals surface area contributed by atoms with E-state index < -0.39 is 17.9 Å². The second-order valence-corrected chi connectivity index (χ2v) is 5.36. The van der Waals surface area contributed by atoms with Crippen molar-refractivity contribution in [1.82, 2.24) is 15.1 Å². The first-order valence-electron chi connectivity index (χ1n) is 7.12. The Morgan fingerprint density at radius 2 is 2.10 bits per heavy atom. The molecule has 6 heteroatoms. The maximum atomic E-state index is 12.2. The van der Waals surface area contributed by atoms with E-state index >= 15 is 0 Å². The van der Waals surface area contributed by atoms with E-state index in [1.165, 1.54) is 0 Å². The van der Waals surface area contributed by atoms with Gasteiger partial charge in [-0.2, -0.15) is 5.10 Å². The topological polar surface area (TPSA) is 84.2 Å². The first kappa shape index (κ1) is 14.6. The van der Waals surface area contributed by atoms with Crippen molar-refractivity contribution in [1.29, 1.82) is 0 Å². The number of carbonyl (C=O) groups excluding carboxylic acids is 1. The van der Waals surface area contributed by atoms with Crippen molar-refractivity contribution in [2.75, 3.05) is 0 Å². The van der Waals surface area contributed by atoms with Gasteiger partial charge in [0, 0.05) is 18.4 Å². The van der Waals surface area contributed by atoms with Gasteiger partial charge in [-0.3, -0.25) is 14.3 Å². The summed E-state index contributed by atoms with van der Waals surface area (Å²) in [6.45, 7) is 1.76. The Hall–Kier alpha value is -1.85. The lowest BCUT2D eigenvalue weighted by atomic mass is 9.94. The number of carboxylic acids is 1. The van der Waals surface area contributed by atoms with Crippen LogP contribution in [-0.4, -0.2) is 32.8 Å². The molecule has 1 amide bonds. The third-order valence-corrected chi connectivity index (χ3v) is 3.96. The fourth-order valence-electron chi connectivity index (χ4n) is 2.71. The highest BCUT2D eigenvalue weighted by Crippen LogP contribution is 2.24. The first-order valence-corrected chi connectivity index (χ1v) is 7.12. The molecule has 1 aromatic heterocycles. The average Bonchev–Trinajstić information content (AvgIpc) is 2.85. The predicted molar refractivity (Wildman–Crippen MR) is 73.1 cm³/mol. The molecule has 0 aliphatic heterocycles. The third kappa shape index (κ3) is 3.37. The molecular formula is C14H21N3O3. The van der Waals surface area contributed by atoms with Gasteiger partial charge in [0.15, 0.2) is 0 Å². The van der Waals surface area contributed by atoms with E-state index in [2.05, 4.69) is 10.4 Å². The minimum absolute atomic E-state index is 0.174. The number of aromatic nitrogens is 2. The second kappa shape index (κ2) is 6.54. The summed E-state index contributed by atoms with van der Waals surface area (Å²) in [5.74, 6) is -1.47. The van der Waals surface area contributed by atoms with Crippen molar-refractivity contribution in [3.8, 4) is 0 Å². The van der Waals surface area contributed by atoms with Gasteiger partial charge in [0.25, 0.3) is 0 Å². The highest BCUT2D eigenvalue weighted by Gasteiger charge is 2.31. The van der Waals surface area contributed by atoms with Crippen molar-refractivity contribution in [2.24, 2.45) is 5.92 Å². The van der Waals surface area contributed by atoms with E-state index in [0.29, 0.717) is 6.42 Å². The van der Waals surface area contributed by atoms with Gasteiger partial charge in [0.1, 0.15) is 6.04 Å². The Labute approximate surface area is 118 Å². The number of hydrogen-bond donors (Lipinski definition) is 2. The van der Waals surface area contributed by atoms with Crippen molar-refractivity contribution in [2.45, 2.75) is 51.1 Å². The molecule has 1 saturated carbocycles. The lowest BCUT2D eigenvalue weighted by molar-refractivity contribution is -0.143. The normalized spacial score (nSPS) is 24.6. The number of amides is 1. The Balaban J connectivity index is 2.02. The summed E-state index contributed by atoms with van der Waals surface area (Å²) in [5, 5.41) is 16.2. The van der Waals surface area contributed by atoms with E-state index in [0.717, 1.165) is 25.7 Å². The predicted octanol–water partition coefficient (Wildman–Crippen LogP) is 1.59. The van der Waals surface area contributed by atoms with Crippen LogP contribution in [0.5, 0.6) is 0 Å². The van der Waals surface area contributed by atoms with Crippen LogP contribution in [0.2, 0.25) is 0 Å². The quantitative estimate of drug-likeness (QED) is 0.820. The Bertz CT molecular complexity index is 458. The summed E-state index contributed by atoms with van der Waals surface area (Å²) in [4.78, 5) is 23.6. The van der Waals surface area contributed by atoms with Crippen LogP contribution in [0.1, 0.15) is 45.1 Å². The van der Waals surface area contributed by atoms with Gasteiger partial charge in [-0.15, -0.1) is 0 Å². The largest absolute Gasteiger partial charge is 0.481 e. The molecule has 1 aliphatic carbocycles. The molecule has 0 saturated heterocycles. The van der Waals surface area contributed by atoms with Gasteiger partial charge in [0.05, 0.1) is 5.92 Å². The van der Waals surface area contributed by atoms with Crippen LogP contribution in [0.3, 0.4) is 0 Å². The molecule has 20 heavy (non-hydrogen) atoms. The van der Waals surface area contributed by atoms with Crippen molar-refractivity contribution in [3.05, 3.63) is 18.5 Å². The molecule has 110 valence electrons. The van der Waals surface area contributed by atoms with Crippen molar-refractivity contribution >= 4 is 11.9 Å². The van der Waals surface area contributed by atoms with Crippen LogP contribution in [-0.2, 0) is 9.59 Å². The van der Waals surface area contributed by atoms with Crippen LogP contribution in [0.25, 0.3) is 0 Å². The molecular weight excluding hydrogens is 258 g/mol. The number of aliphatic carboxylic acids is 1. The number of carbonyl (C=O) groups is 2. The number of nitrogens with one attached hydrogen (secondary N) is 1. The summed E-state index contributed by atoms with van der Waals surface area (Å²) in [7, 11) is 0. The van der Waals surface area contributed by atoms with Crippen LogP contribution < -0.4 is 5.32 Å². The molecule has 0 aromatic carbocycles. The van der Waals surface area contributed by atoms with Gasteiger partial charge in [-0.25, -0.2) is 0 Å². The number of nitrogens with zero attached hydrogens (tertiary/aromatic N) is 2. The molecule has 3 atom stereocenters. The Morgan fingerprint density at radius 3 is 2.75 bits per heavy atom. The molecule has 1 aromatic rings. The molecule has 0 bridgehead atoms. The molecule has 1 heterocycles. The summed E-state index contributed by atoms with van der Waals surface area (Å²) in [6.07, 6.45) is 7.63. The zero-order chi connectivity index (χ0) is 14.5. The molecule has 2 N–H and O–H groups in total. The fourth-order valence-corrected chi connectivity index (χ4v) is 2.71. The summed E-state index contributed by atoms with van der Waals surface area (Å²) in [6, 6.07) is 1.05. The van der Waals surface area contributed by atoms with Crippen LogP contribution in [0, 0.1) is 5.92 Å². The Kier molecular flexibility index (Phi) is 4.76. The van der Waals surface area contributed by atoms with E-state index in [1.807, 2.05) is 0 Å². The second-order valence-electron chi connectivity index (χ2n) is 5.36. The zero-order valence-corrected chi connectivity index (χ0v) is 11.7. The Morgan fingerprint density at radius 1 is 1.35 bits per heavy atom.